The number of aryl methyl sites for hydroxylation is 1. The van der Waals surface area contributed by atoms with Gasteiger partial charge in [0.05, 0.1) is 17.4 Å². The van der Waals surface area contributed by atoms with Gasteiger partial charge in [-0.1, -0.05) is 0 Å². The number of fused-ring (bicyclic) bond motifs is 1. The Labute approximate surface area is 77.2 Å². The molecule has 0 aliphatic carbocycles. The number of hydrogen-bond acceptors (Lipinski definition) is 2. The van der Waals surface area contributed by atoms with Gasteiger partial charge in [-0.3, -0.25) is 0 Å². The summed E-state index contributed by atoms with van der Waals surface area (Å²) < 4.78 is 38.3. The second kappa shape index (κ2) is 2.70. The lowest BCUT2D eigenvalue weighted by Gasteiger charge is -2.05. The molecule has 0 fully saturated rings. The second-order valence-corrected chi connectivity index (χ2v) is 2.92. The maximum atomic E-state index is 12.3. The van der Waals surface area contributed by atoms with Crippen molar-refractivity contribution in [2.45, 2.75) is 6.18 Å². The van der Waals surface area contributed by atoms with Crippen molar-refractivity contribution >= 4 is 11.2 Å². The van der Waals surface area contributed by atoms with Crippen LogP contribution in [-0.4, -0.2) is 14.5 Å². The van der Waals surface area contributed by atoms with Gasteiger partial charge in [0, 0.05) is 13.2 Å². The predicted molar refractivity (Wildman–Crippen MR) is 43.5 cm³/mol. The van der Waals surface area contributed by atoms with Gasteiger partial charge in [-0.2, -0.15) is 13.2 Å². The van der Waals surface area contributed by atoms with Crippen LogP contribution in [0.15, 0.2) is 18.6 Å². The number of alkyl halides is 3. The summed E-state index contributed by atoms with van der Waals surface area (Å²) in [6.45, 7) is 0. The van der Waals surface area contributed by atoms with Gasteiger partial charge in [-0.15, -0.1) is 0 Å². The van der Waals surface area contributed by atoms with Crippen LogP contribution in [0.2, 0.25) is 0 Å². The van der Waals surface area contributed by atoms with Crippen molar-refractivity contribution in [2.24, 2.45) is 7.05 Å². The molecule has 0 N–H and O–H groups in total. The summed E-state index contributed by atoms with van der Waals surface area (Å²) in [5, 5.41) is 0. The third-order valence-corrected chi connectivity index (χ3v) is 1.91. The zero-order valence-corrected chi connectivity index (χ0v) is 7.21. The van der Waals surface area contributed by atoms with E-state index in [0.717, 1.165) is 12.3 Å². The lowest BCUT2D eigenvalue weighted by molar-refractivity contribution is -0.137. The Kier molecular flexibility index (Phi) is 1.73. The molecule has 14 heavy (non-hydrogen) atoms. The molecule has 0 bridgehead atoms. The minimum atomic E-state index is -4.36. The normalized spacial score (nSPS) is 12.3. The van der Waals surface area contributed by atoms with E-state index in [9.17, 15) is 13.2 Å². The highest BCUT2D eigenvalue weighted by molar-refractivity contribution is 5.71. The first kappa shape index (κ1) is 8.98. The minimum absolute atomic E-state index is 0.320. The van der Waals surface area contributed by atoms with Crippen LogP contribution in [0.4, 0.5) is 13.2 Å². The number of pyridine rings is 1. The van der Waals surface area contributed by atoms with Gasteiger partial charge in [-0.05, 0) is 6.07 Å². The van der Waals surface area contributed by atoms with Crippen molar-refractivity contribution < 1.29 is 13.2 Å². The molecule has 0 atom stereocenters. The Balaban J connectivity index is 2.66. The van der Waals surface area contributed by atoms with Crippen molar-refractivity contribution in [3.05, 3.63) is 24.2 Å². The van der Waals surface area contributed by atoms with Crippen LogP contribution in [0.3, 0.4) is 0 Å². The SMILES string of the molecule is Cn1cnc2ncc(C(F)(F)F)cc21. The van der Waals surface area contributed by atoms with Gasteiger partial charge in [0.1, 0.15) is 0 Å². The molecule has 0 spiro atoms. The number of hydrogen-bond donors (Lipinski definition) is 0. The molecule has 74 valence electrons. The maximum absolute atomic E-state index is 12.3. The van der Waals surface area contributed by atoms with E-state index in [0.29, 0.717) is 11.2 Å². The monoisotopic (exact) mass is 201 g/mol. The van der Waals surface area contributed by atoms with E-state index in [-0.39, 0.29) is 0 Å². The molecule has 6 heteroatoms. The molecular weight excluding hydrogens is 195 g/mol. The molecule has 0 amide bonds. The number of aromatic nitrogens is 3. The largest absolute Gasteiger partial charge is 0.417 e. The summed E-state index contributed by atoms with van der Waals surface area (Å²) in [5.74, 6) is 0. The third-order valence-electron chi connectivity index (χ3n) is 1.91. The van der Waals surface area contributed by atoms with Crippen LogP contribution in [0.5, 0.6) is 0 Å². The average Bonchev–Trinajstić information content (AvgIpc) is 2.46. The van der Waals surface area contributed by atoms with Crippen molar-refractivity contribution in [1.29, 1.82) is 0 Å². The summed E-state index contributed by atoms with van der Waals surface area (Å²) >= 11 is 0. The minimum Gasteiger partial charge on any atom is -0.332 e. The molecule has 2 heterocycles. The number of imidazole rings is 1. The molecule has 0 aliphatic rings. The van der Waals surface area contributed by atoms with Crippen LogP contribution < -0.4 is 0 Å². The molecule has 2 aromatic rings. The van der Waals surface area contributed by atoms with Crippen LogP contribution in [0, 0.1) is 0 Å². The standard InChI is InChI=1S/C8H6F3N3/c1-14-4-13-7-6(14)2-5(3-12-7)8(9,10)11/h2-4H,1H3. The van der Waals surface area contributed by atoms with E-state index in [2.05, 4.69) is 9.97 Å². The van der Waals surface area contributed by atoms with Gasteiger partial charge < -0.3 is 4.57 Å². The number of nitrogens with zero attached hydrogens (tertiary/aromatic N) is 3. The molecular formula is C8H6F3N3. The Morgan fingerprint density at radius 2 is 2.00 bits per heavy atom. The van der Waals surface area contributed by atoms with Gasteiger partial charge in [0.25, 0.3) is 0 Å². The van der Waals surface area contributed by atoms with Crippen molar-refractivity contribution in [1.82, 2.24) is 14.5 Å². The number of halogens is 3. The highest BCUT2D eigenvalue weighted by Gasteiger charge is 2.31. The summed E-state index contributed by atoms with van der Waals surface area (Å²) in [4.78, 5) is 7.44. The zero-order chi connectivity index (χ0) is 10.3. The predicted octanol–water partition coefficient (Wildman–Crippen LogP) is 1.99. The summed E-state index contributed by atoms with van der Waals surface area (Å²) in [6.07, 6.45) is -2.14. The van der Waals surface area contributed by atoms with Crippen LogP contribution in [0.25, 0.3) is 11.2 Å². The molecule has 2 aromatic heterocycles. The lowest BCUT2D eigenvalue weighted by atomic mass is 10.2. The first-order chi connectivity index (χ1) is 6.48. The molecule has 0 saturated heterocycles. The Hall–Kier alpha value is -1.59. The molecule has 0 unspecified atom stereocenters. The quantitative estimate of drug-likeness (QED) is 0.652. The van der Waals surface area contributed by atoms with E-state index in [1.54, 1.807) is 7.05 Å². The fourth-order valence-corrected chi connectivity index (χ4v) is 1.16. The zero-order valence-electron chi connectivity index (χ0n) is 7.21. The van der Waals surface area contributed by atoms with E-state index in [4.69, 9.17) is 0 Å². The van der Waals surface area contributed by atoms with Crippen LogP contribution in [-0.2, 0) is 13.2 Å². The Morgan fingerprint density at radius 3 is 2.64 bits per heavy atom. The van der Waals surface area contributed by atoms with Gasteiger partial charge >= 0.3 is 6.18 Å². The highest BCUT2D eigenvalue weighted by Crippen LogP contribution is 2.29. The van der Waals surface area contributed by atoms with E-state index in [1.165, 1.54) is 10.9 Å². The molecule has 0 aliphatic heterocycles. The van der Waals surface area contributed by atoms with Crippen LogP contribution >= 0.6 is 0 Å². The first-order valence-corrected chi connectivity index (χ1v) is 3.83. The lowest BCUT2D eigenvalue weighted by Crippen LogP contribution is -2.05. The molecule has 0 aromatic carbocycles. The highest BCUT2D eigenvalue weighted by atomic mass is 19.4. The topological polar surface area (TPSA) is 30.7 Å². The summed E-state index contributed by atoms with van der Waals surface area (Å²) in [6, 6.07) is 1.04. The van der Waals surface area contributed by atoms with E-state index in [1.807, 2.05) is 0 Å². The molecule has 3 nitrogen and oxygen atoms in total. The second-order valence-electron chi connectivity index (χ2n) is 2.92. The molecule has 0 saturated carbocycles. The van der Waals surface area contributed by atoms with E-state index < -0.39 is 11.7 Å². The van der Waals surface area contributed by atoms with Crippen LogP contribution in [0.1, 0.15) is 5.56 Å². The smallest absolute Gasteiger partial charge is 0.332 e. The van der Waals surface area contributed by atoms with Crippen molar-refractivity contribution in [3.8, 4) is 0 Å². The van der Waals surface area contributed by atoms with E-state index >= 15 is 0 Å². The number of rotatable bonds is 0. The Morgan fingerprint density at radius 1 is 1.29 bits per heavy atom. The van der Waals surface area contributed by atoms with Crippen molar-refractivity contribution in [3.63, 3.8) is 0 Å². The maximum Gasteiger partial charge on any atom is 0.417 e. The average molecular weight is 201 g/mol. The summed E-state index contributed by atoms with van der Waals surface area (Å²) in [5.41, 5.74) is -0.0612. The Bertz CT molecular complexity index is 472. The fraction of sp³-hybridized carbons (Fsp3) is 0.250. The fourth-order valence-electron chi connectivity index (χ4n) is 1.16. The van der Waals surface area contributed by atoms with Gasteiger partial charge in [0.2, 0.25) is 0 Å². The molecule has 0 radical (unpaired) electrons. The van der Waals surface area contributed by atoms with Crippen molar-refractivity contribution in [2.75, 3.05) is 0 Å². The first-order valence-electron chi connectivity index (χ1n) is 3.83. The summed E-state index contributed by atoms with van der Waals surface area (Å²) in [7, 11) is 1.62. The third kappa shape index (κ3) is 1.32. The molecule has 2 rings (SSSR count). The van der Waals surface area contributed by atoms with Gasteiger partial charge in [-0.25, -0.2) is 9.97 Å². The van der Waals surface area contributed by atoms with Gasteiger partial charge in [0.15, 0.2) is 5.65 Å².